The van der Waals surface area contributed by atoms with Crippen LogP contribution in [0.2, 0.25) is 0 Å². The standard InChI is InChI=1S/C9H12/c1-2-6-9-7-4-3-5-8-9/h2-4,7H,1,5-6,8H2. The van der Waals surface area contributed by atoms with Gasteiger partial charge in [0, 0.05) is 0 Å². The van der Waals surface area contributed by atoms with E-state index >= 15 is 0 Å². The first-order valence-electron chi connectivity index (χ1n) is 3.39. The van der Waals surface area contributed by atoms with Crippen LogP contribution in [-0.2, 0) is 0 Å². The van der Waals surface area contributed by atoms with E-state index in [1.807, 2.05) is 6.08 Å². The van der Waals surface area contributed by atoms with Gasteiger partial charge in [-0.25, -0.2) is 0 Å². The van der Waals surface area contributed by atoms with Gasteiger partial charge in [0.2, 0.25) is 0 Å². The Morgan fingerprint density at radius 3 is 3.11 bits per heavy atom. The van der Waals surface area contributed by atoms with Gasteiger partial charge in [-0.2, -0.15) is 0 Å². The summed E-state index contributed by atoms with van der Waals surface area (Å²) in [5.74, 6) is 0. The Morgan fingerprint density at radius 2 is 2.56 bits per heavy atom. The van der Waals surface area contributed by atoms with Gasteiger partial charge in [0.05, 0.1) is 0 Å². The van der Waals surface area contributed by atoms with E-state index in [1.165, 1.54) is 18.4 Å². The maximum Gasteiger partial charge on any atom is -0.0138 e. The van der Waals surface area contributed by atoms with E-state index in [0.29, 0.717) is 0 Å². The predicted molar refractivity (Wildman–Crippen MR) is 41.3 cm³/mol. The van der Waals surface area contributed by atoms with Crippen LogP contribution >= 0.6 is 0 Å². The molecule has 0 bridgehead atoms. The van der Waals surface area contributed by atoms with Crippen molar-refractivity contribution in [3.05, 3.63) is 36.5 Å². The molecule has 0 heterocycles. The highest BCUT2D eigenvalue weighted by Gasteiger charge is 1.94. The summed E-state index contributed by atoms with van der Waals surface area (Å²) in [6, 6.07) is 0. The van der Waals surface area contributed by atoms with Crippen LogP contribution in [0.1, 0.15) is 19.3 Å². The number of hydrogen-bond donors (Lipinski definition) is 0. The fraction of sp³-hybridized carbons (Fsp3) is 0.333. The van der Waals surface area contributed by atoms with Gasteiger partial charge in [-0.1, -0.05) is 29.9 Å². The minimum atomic E-state index is 1.06. The lowest BCUT2D eigenvalue weighted by molar-refractivity contribution is 0.926. The van der Waals surface area contributed by atoms with Crippen LogP contribution in [0, 0.1) is 0 Å². The third kappa shape index (κ3) is 1.88. The SMILES string of the molecule is C=CCC1=CC=CCC1. The fourth-order valence-electron chi connectivity index (χ4n) is 1.01. The van der Waals surface area contributed by atoms with Gasteiger partial charge in [-0.05, 0) is 19.3 Å². The van der Waals surface area contributed by atoms with Crippen LogP contribution in [0.3, 0.4) is 0 Å². The smallest absolute Gasteiger partial charge is 0.0138 e. The molecule has 0 heteroatoms. The maximum absolute atomic E-state index is 3.69. The van der Waals surface area contributed by atoms with Gasteiger partial charge in [-0.15, -0.1) is 6.58 Å². The van der Waals surface area contributed by atoms with E-state index in [2.05, 4.69) is 24.8 Å². The van der Waals surface area contributed by atoms with E-state index in [0.717, 1.165) is 6.42 Å². The van der Waals surface area contributed by atoms with Crippen LogP contribution in [0.5, 0.6) is 0 Å². The molecule has 48 valence electrons. The first-order chi connectivity index (χ1) is 4.43. The van der Waals surface area contributed by atoms with Crippen molar-refractivity contribution in [2.24, 2.45) is 0 Å². The van der Waals surface area contributed by atoms with Gasteiger partial charge in [0.25, 0.3) is 0 Å². The first-order valence-corrected chi connectivity index (χ1v) is 3.39. The third-order valence-electron chi connectivity index (χ3n) is 1.51. The maximum atomic E-state index is 3.69. The quantitative estimate of drug-likeness (QED) is 0.491. The van der Waals surface area contributed by atoms with Crippen molar-refractivity contribution in [3.8, 4) is 0 Å². The Labute approximate surface area is 56.6 Å². The topological polar surface area (TPSA) is 0 Å². The minimum Gasteiger partial charge on any atom is -0.103 e. The first kappa shape index (κ1) is 6.34. The lowest BCUT2D eigenvalue weighted by atomic mass is 10.0. The molecule has 0 atom stereocenters. The lowest BCUT2D eigenvalue weighted by Gasteiger charge is -2.04. The number of rotatable bonds is 2. The average molecular weight is 120 g/mol. The van der Waals surface area contributed by atoms with Crippen LogP contribution in [0.4, 0.5) is 0 Å². The Bertz CT molecular complexity index is 149. The second-order valence-corrected chi connectivity index (χ2v) is 2.28. The minimum absolute atomic E-state index is 1.06. The van der Waals surface area contributed by atoms with Crippen LogP contribution in [-0.4, -0.2) is 0 Å². The summed E-state index contributed by atoms with van der Waals surface area (Å²) in [7, 11) is 0. The molecular weight excluding hydrogens is 108 g/mol. The molecule has 0 saturated carbocycles. The Balaban J connectivity index is 2.47. The summed E-state index contributed by atoms with van der Waals surface area (Å²) in [4.78, 5) is 0. The molecule has 0 aromatic heterocycles. The Kier molecular flexibility index (Phi) is 2.32. The summed E-state index contributed by atoms with van der Waals surface area (Å²) in [5, 5.41) is 0. The van der Waals surface area contributed by atoms with Crippen molar-refractivity contribution in [1.29, 1.82) is 0 Å². The molecule has 9 heavy (non-hydrogen) atoms. The second kappa shape index (κ2) is 3.29. The highest BCUT2D eigenvalue weighted by atomic mass is 14.0. The summed E-state index contributed by atoms with van der Waals surface area (Å²) < 4.78 is 0. The lowest BCUT2D eigenvalue weighted by Crippen LogP contribution is -1.84. The van der Waals surface area contributed by atoms with Crippen LogP contribution < -0.4 is 0 Å². The van der Waals surface area contributed by atoms with Gasteiger partial charge < -0.3 is 0 Å². The largest absolute Gasteiger partial charge is 0.103 e. The van der Waals surface area contributed by atoms with Crippen molar-refractivity contribution in [3.63, 3.8) is 0 Å². The highest BCUT2D eigenvalue weighted by molar-refractivity contribution is 5.19. The molecule has 0 unspecified atom stereocenters. The summed E-state index contributed by atoms with van der Waals surface area (Å²) in [6.45, 7) is 3.69. The number of allylic oxidation sites excluding steroid dienone is 5. The molecule has 1 aliphatic carbocycles. The second-order valence-electron chi connectivity index (χ2n) is 2.28. The summed E-state index contributed by atoms with van der Waals surface area (Å²) in [6.07, 6.45) is 12.0. The van der Waals surface area contributed by atoms with E-state index in [4.69, 9.17) is 0 Å². The molecule has 0 amide bonds. The molecule has 0 radical (unpaired) electrons. The Morgan fingerprint density at radius 1 is 1.67 bits per heavy atom. The van der Waals surface area contributed by atoms with Crippen molar-refractivity contribution < 1.29 is 0 Å². The molecule has 0 fully saturated rings. The average Bonchev–Trinajstić information content (AvgIpc) is 1.91. The normalized spacial score (nSPS) is 17.1. The zero-order valence-electron chi connectivity index (χ0n) is 5.64. The molecule has 1 aliphatic rings. The predicted octanol–water partition coefficient (Wildman–Crippen LogP) is 2.84. The van der Waals surface area contributed by atoms with E-state index < -0.39 is 0 Å². The van der Waals surface area contributed by atoms with Crippen molar-refractivity contribution >= 4 is 0 Å². The molecule has 0 aliphatic heterocycles. The molecule has 0 spiro atoms. The zero-order valence-corrected chi connectivity index (χ0v) is 5.64. The van der Waals surface area contributed by atoms with Crippen molar-refractivity contribution in [1.82, 2.24) is 0 Å². The molecule has 0 nitrogen and oxygen atoms in total. The summed E-state index contributed by atoms with van der Waals surface area (Å²) >= 11 is 0. The molecule has 0 N–H and O–H groups in total. The van der Waals surface area contributed by atoms with Crippen molar-refractivity contribution in [2.75, 3.05) is 0 Å². The summed E-state index contributed by atoms with van der Waals surface area (Å²) in [5.41, 5.74) is 1.51. The van der Waals surface area contributed by atoms with E-state index in [1.54, 1.807) is 0 Å². The molecular formula is C9H12. The van der Waals surface area contributed by atoms with Crippen LogP contribution in [0.15, 0.2) is 36.5 Å². The molecule has 1 rings (SSSR count). The van der Waals surface area contributed by atoms with Gasteiger partial charge in [-0.3, -0.25) is 0 Å². The molecule has 0 aromatic rings. The zero-order chi connectivity index (χ0) is 6.53. The Hall–Kier alpha value is -0.780. The molecule has 0 saturated heterocycles. The van der Waals surface area contributed by atoms with E-state index in [9.17, 15) is 0 Å². The van der Waals surface area contributed by atoms with Crippen LogP contribution in [0.25, 0.3) is 0 Å². The number of hydrogen-bond acceptors (Lipinski definition) is 0. The fourth-order valence-corrected chi connectivity index (χ4v) is 1.01. The third-order valence-corrected chi connectivity index (χ3v) is 1.51. The van der Waals surface area contributed by atoms with Crippen molar-refractivity contribution in [2.45, 2.75) is 19.3 Å². The van der Waals surface area contributed by atoms with Gasteiger partial charge >= 0.3 is 0 Å². The van der Waals surface area contributed by atoms with Gasteiger partial charge in [0.15, 0.2) is 0 Å². The highest BCUT2D eigenvalue weighted by Crippen LogP contribution is 2.14. The van der Waals surface area contributed by atoms with Gasteiger partial charge in [0.1, 0.15) is 0 Å². The molecule has 0 aromatic carbocycles. The monoisotopic (exact) mass is 120 g/mol. The van der Waals surface area contributed by atoms with E-state index in [-0.39, 0.29) is 0 Å².